The Balaban J connectivity index is 2.12. The SMILES string of the molecule is CCCNC(c1ccc(CCC)cc1)C(OCC)C1CC1. The molecule has 0 aromatic heterocycles. The zero-order valence-electron chi connectivity index (χ0n) is 13.9. The monoisotopic (exact) mass is 289 g/mol. The highest BCUT2D eigenvalue weighted by Gasteiger charge is 2.37. The molecule has 0 saturated heterocycles. The van der Waals surface area contributed by atoms with Crippen molar-refractivity contribution in [3.05, 3.63) is 35.4 Å². The molecule has 1 aliphatic rings. The highest BCUT2D eigenvalue weighted by Crippen LogP contribution is 2.40. The summed E-state index contributed by atoms with van der Waals surface area (Å²) < 4.78 is 6.09. The molecule has 0 spiro atoms. The van der Waals surface area contributed by atoms with Gasteiger partial charge in [-0.25, -0.2) is 0 Å². The Bertz CT molecular complexity index is 397. The molecule has 1 aromatic carbocycles. The van der Waals surface area contributed by atoms with Crippen molar-refractivity contribution in [2.24, 2.45) is 5.92 Å². The van der Waals surface area contributed by atoms with E-state index < -0.39 is 0 Å². The molecule has 2 unspecified atom stereocenters. The van der Waals surface area contributed by atoms with Crippen molar-refractivity contribution in [1.82, 2.24) is 5.32 Å². The molecule has 0 amide bonds. The Kier molecular flexibility index (Phi) is 6.72. The summed E-state index contributed by atoms with van der Waals surface area (Å²) in [6.45, 7) is 8.42. The number of hydrogen-bond donors (Lipinski definition) is 1. The lowest BCUT2D eigenvalue weighted by atomic mass is 9.96. The number of nitrogens with one attached hydrogen (secondary N) is 1. The number of ether oxygens (including phenoxy) is 1. The van der Waals surface area contributed by atoms with Gasteiger partial charge in [0.2, 0.25) is 0 Å². The van der Waals surface area contributed by atoms with E-state index in [9.17, 15) is 0 Å². The van der Waals surface area contributed by atoms with Crippen LogP contribution in [0.1, 0.15) is 63.6 Å². The van der Waals surface area contributed by atoms with Crippen molar-refractivity contribution in [2.75, 3.05) is 13.2 Å². The predicted octanol–water partition coefficient (Wildman–Crippen LogP) is 4.49. The van der Waals surface area contributed by atoms with Crippen LogP contribution in [0.2, 0.25) is 0 Å². The Morgan fingerprint density at radius 1 is 1.10 bits per heavy atom. The van der Waals surface area contributed by atoms with Gasteiger partial charge < -0.3 is 10.1 Å². The van der Waals surface area contributed by atoms with Gasteiger partial charge in [-0.1, -0.05) is 44.5 Å². The topological polar surface area (TPSA) is 21.3 Å². The first kappa shape index (κ1) is 16.5. The van der Waals surface area contributed by atoms with E-state index in [1.807, 2.05) is 0 Å². The van der Waals surface area contributed by atoms with E-state index in [1.165, 1.54) is 36.8 Å². The lowest BCUT2D eigenvalue weighted by Crippen LogP contribution is -2.36. The van der Waals surface area contributed by atoms with Crippen LogP contribution in [0.3, 0.4) is 0 Å². The van der Waals surface area contributed by atoms with E-state index >= 15 is 0 Å². The van der Waals surface area contributed by atoms with Crippen molar-refractivity contribution >= 4 is 0 Å². The lowest BCUT2D eigenvalue weighted by molar-refractivity contribution is 0.0186. The van der Waals surface area contributed by atoms with Gasteiger partial charge in [0.05, 0.1) is 12.1 Å². The molecule has 21 heavy (non-hydrogen) atoms. The van der Waals surface area contributed by atoms with Crippen LogP contribution < -0.4 is 5.32 Å². The van der Waals surface area contributed by atoms with Crippen LogP contribution in [-0.4, -0.2) is 19.3 Å². The smallest absolute Gasteiger partial charge is 0.0797 e. The number of benzene rings is 1. The molecule has 0 heterocycles. The van der Waals surface area contributed by atoms with Crippen LogP contribution >= 0.6 is 0 Å². The van der Waals surface area contributed by atoms with E-state index in [-0.39, 0.29) is 0 Å². The average Bonchev–Trinajstić information content (AvgIpc) is 3.33. The number of rotatable bonds is 10. The lowest BCUT2D eigenvalue weighted by Gasteiger charge is -2.29. The van der Waals surface area contributed by atoms with Gasteiger partial charge in [-0.2, -0.15) is 0 Å². The summed E-state index contributed by atoms with van der Waals surface area (Å²) in [7, 11) is 0. The van der Waals surface area contributed by atoms with Gasteiger partial charge >= 0.3 is 0 Å². The molecular weight excluding hydrogens is 258 g/mol. The maximum absolute atomic E-state index is 6.09. The van der Waals surface area contributed by atoms with E-state index in [2.05, 4.69) is 50.4 Å². The molecular formula is C19H31NO. The summed E-state index contributed by atoms with van der Waals surface area (Å²) in [4.78, 5) is 0. The highest BCUT2D eigenvalue weighted by atomic mass is 16.5. The maximum atomic E-state index is 6.09. The first-order valence-corrected chi connectivity index (χ1v) is 8.73. The predicted molar refractivity (Wildman–Crippen MR) is 89.6 cm³/mol. The molecule has 118 valence electrons. The first-order valence-electron chi connectivity index (χ1n) is 8.73. The third-order valence-electron chi connectivity index (χ3n) is 4.27. The normalized spacial score (nSPS) is 17.7. The molecule has 2 nitrogen and oxygen atoms in total. The minimum absolute atomic E-state index is 0.332. The van der Waals surface area contributed by atoms with E-state index in [0.29, 0.717) is 12.1 Å². The fourth-order valence-electron chi connectivity index (χ4n) is 3.03. The van der Waals surface area contributed by atoms with Crippen LogP contribution in [0.4, 0.5) is 0 Å². The summed E-state index contributed by atoms with van der Waals surface area (Å²) in [5, 5.41) is 3.72. The molecule has 0 bridgehead atoms. The molecule has 0 aliphatic heterocycles. The quantitative estimate of drug-likeness (QED) is 0.685. The Morgan fingerprint density at radius 2 is 1.81 bits per heavy atom. The molecule has 0 radical (unpaired) electrons. The Hall–Kier alpha value is -0.860. The van der Waals surface area contributed by atoms with Gasteiger partial charge in [0, 0.05) is 6.61 Å². The average molecular weight is 289 g/mol. The molecule has 1 N–H and O–H groups in total. The fraction of sp³-hybridized carbons (Fsp3) is 0.684. The van der Waals surface area contributed by atoms with E-state index in [4.69, 9.17) is 4.74 Å². The van der Waals surface area contributed by atoms with Crippen molar-refractivity contribution in [2.45, 2.75) is 65.0 Å². The summed E-state index contributed by atoms with van der Waals surface area (Å²) in [6, 6.07) is 9.51. The van der Waals surface area contributed by atoms with Gasteiger partial charge in [-0.15, -0.1) is 0 Å². The highest BCUT2D eigenvalue weighted by molar-refractivity contribution is 5.26. The van der Waals surface area contributed by atoms with E-state index in [0.717, 1.165) is 25.5 Å². The van der Waals surface area contributed by atoms with Gasteiger partial charge in [0.15, 0.2) is 0 Å². The second kappa shape index (κ2) is 8.55. The molecule has 2 heteroatoms. The van der Waals surface area contributed by atoms with E-state index in [1.54, 1.807) is 0 Å². The van der Waals surface area contributed by atoms with Crippen molar-refractivity contribution < 1.29 is 4.74 Å². The molecule has 1 aliphatic carbocycles. The zero-order chi connectivity index (χ0) is 15.1. The molecule has 2 atom stereocenters. The summed E-state index contributed by atoms with van der Waals surface area (Å²) in [5.74, 6) is 0.745. The maximum Gasteiger partial charge on any atom is 0.0797 e. The van der Waals surface area contributed by atoms with Gasteiger partial charge in [0.1, 0.15) is 0 Å². The summed E-state index contributed by atoms with van der Waals surface area (Å²) >= 11 is 0. The standard InChI is InChI=1S/C19H31NO/c1-4-7-15-8-10-16(11-9-15)18(20-14-5-2)19(21-6-3)17-12-13-17/h8-11,17-20H,4-7,12-14H2,1-3H3. The second-order valence-corrected chi connectivity index (χ2v) is 6.18. The number of aryl methyl sites for hydroxylation is 1. The van der Waals surface area contributed by atoms with Crippen LogP contribution in [0.15, 0.2) is 24.3 Å². The molecule has 1 fully saturated rings. The summed E-state index contributed by atoms with van der Waals surface area (Å²) in [6.07, 6.45) is 6.52. The van der Waals surface area contributed by atoms with Crippen molar-refractivity contribution in [3.8, 4) is 0 Å². The fourth-order valence-corrected chi connectivity index (χ4v) is 3.03. The van der Waals surface area contributed by atoms with Crippen molar-refractivity contribution in [3.63, 3.8) is 0 Å². The van der Waals surface area contributed by atoms with Gasteiger partial charge in [0.25, 0.3) is 0 Å². The van der Waals surface area contributed by atoms with Gasteiger partial charge in [-0.3, -0.25) is 0 Å². The Labute approximate surface area is 130 Å². The van der Waals surface area contributed by atoms with Crippen LogP contribution in [-0.2, 0) is 11.2 Å². The second-order valence-electron chi connectivity index (χ2n) is 6.18. The number of hydrogen-bond acceptors (Lipinski definition) is 2. The first-order chi connectivity index (χ1) is 10.3. The van der Waals surface area contributed by atoms with Crippen molar-refractivity contribution in [1.29, 1.82) is 0 Å². The van der Waals surface area contributed by atoms with Crippen LogP contribution in [0.25, 0.3) is 0 Å². The minimum Gasteiger partial charge on any atom is -0.376 e. The van der Waals surface area contributed by atoms with Crippen LogP contribution in [0.5, 0.6) is 0 Å². The van der Waals surface area contributed by atoms with Crippen LogP contribution in [0, 0.1) is 5.92 Å². The largest absolute Gasteiger partial charge is 0.376 e. The molecule has 1 aromatic rings. The Morgan fingerprint density at radius 3 is 2.33 bits per heavy atom. The van der Waals surface area contributed by atoms with Gasteiger partial charge in [-0.05, 0) is 56.2 Å². The third kappa shape index (κ3) is 4.82. The zero-order valence-corrected chi connectivity index (χ0v) is 13.9. The molecule has 1 saturated carbocycles. The molecule has 2 rings (SSSR count). The summed E-state index contributed by atoms with van der Waals surface area (Å²) in [5.41, 5.74) is 2.82. The third-order valence-corrected chi connectivity index (χ3v) is 4.27. The minimum atomic E-state index is 0.332.